The van der Waals surface area contributed by atoms with Crippen molar-refractivity contribution in [3.63, 3.8) is 0 Å². The fourth-order valence-corrected chi connectivity index (χ4v) is 3.68. The van der Waals surface area contributed by atoms with Crippen LogP contribution in [0.15, 0.2) is 74.5 Å². The van der Waals surface area contributed by atoms with Crippen LogP contribution < -0.4 is 5.63 Å². The first-order valence-corrected chi connectivity index (χ1v) is 9.86. The van der Waals surface area contributed by atoms with Gasteiger partial charge in [-0.15, -0.1) is 0 Å². The van der Waals surface area contributed by atoms with Gasteiger partial charge in [-0.05, 0) is 42.5 Å². The van der Waals surface area contributed by atoms with Gasteiger partial charge in [0.15, 0.2) is 0 Å². The Morgan fingerprint density at radius 3 is 2.58 bits per heavy atom. The summed E-state index contributed by atoms with van der Waals surface area (Å²) in [7, 11) is 0. The molecule has 0 atom stereocenters. The Morgan fingerprint density at radius 1 is 0.970 bits per heavy atom. The number of fused-ring (bicyclic) bond motifs is 2. The van der Waals surface area contributed by atoms with Crippen molar-refractivity contribution in [3.05, 3.63) is 99.3 Å². The van der Waals surface area contributed by atoms with Gasteiger partial charge in [0, 0.05) is 23.1 Å². The summed E-state index contributed by atoms with van der Waals surface area (Å²) >= 11 is 0. The van der Waals surface area contributed by atoms with E-state index in [0.717, 1.165) is 4.90 Å². The van der Waals surface area contributed by atoms with Crippen LogP contribution in [0.25, 0.3) is 11.0 Å². The summed E-state index contributed by atoms with van der Waals surface area (Å²) in [6.45, 7) is -0.251. The summed E-state index contributed by atoms with van der Waals surface area (Å²) in [6.07, 6.45) is 1.45. The molecule has 9 nitrogen and oxygen atoms in total. The number of hydrogen-bond donors (Lipinski definition) is 1. The maximum absolute atomic E-state index is 12.7. The number of phenolic OH excluding ortho intramolecular Hbond substituents is 1. The molecular weight excluding hydrogens is 430 g/mol. The number of rotatable bonds is 5. The van der Waals surface area contributed by atoms with Crippen LogP contribution in [-0.2, 0) is 17.9 Å². The largest absolute Gasteiger partial charge is 0.508 e. The summed E-state index contributed by atoms with van der Waals surface area (Å²) in [6, 6.07) is 12.9. The zero-order valence-electron chi connectivity index (χ0n) is 16.9. The third kappa shape index (κ3) is 3.65. The third-order valence-corrected chi connectivity index (χ3v) is 5.27. The van der Waals surface area contributed by atoms with Gasteiger partial charge < -0.3 is 18.7 Å². The number of esters is 1. The van der Waals surface area contributed by atoms with Crippen LogP contribution in [0.4, 0.5) is 0 Å². The minimum absolute atomic E-state index is 0.0155. The van der Waals surface area contributed by atoms with E-state index in [2.05, 4.69) is 0 Å². The molecular formula is C24H15NO8. The Bertz CT molecular complexity index is 1480. The van der Waals surface area contributed by atoms with E-state index in [4.69, 9.17) is 13.6 Å². The lowest BCUT2D eigenvalue weighted by atomic mass is 10.1. The number of imide groups is 1. The number of furan rings is 1. The molecule has 4 aromatic rings. The zero-order chi connectivity index (χ0) is 23.1. The molecule has 1 aliphatic heterocycles. The molecule has 1 aliphatic rings. The Hall–Kier alpha value is -4.66. The third-order valence-electron chi connectivity index (χ3n) is 5.27. The number of phenols is 1. The van der Waals surface area contributed by atoms with Gasteiger partial charge in [0.1, 0.15) is 23.7 Å². The van der Waals surface area contributed by atoms with Crippen molar-refractivity contribution in [2.75, 3.05) is 0 Å². The van der Waals surface area contributed by atoms with Crippen LogP contribution >= 0.6 is 0 Å². The van der Waals surface area contributed by atoms with Crippen molar-refractivity contribution >= 4 is 28.8 Å². The summed E-state index contributed by atoms with van der Waals surface area (Å²) in [5, 5.41) is 10.1. The molecule has 33 heavy (non-hydrogen) atoms. The van der Waals surface area contributed by atoms with Crippen LogP contribution in [-0.4, -0.2) is 27.8 Å². The monoisotopic (exact) mass is 445 g/mol. The van der Waals surface area contributed by atoms with E-state index < -0.39 is 23.4 Å². The lowest BCUT2D eigenvalue weighted by Gasteiger charge is -2.11. The van der Waals surface area contributed by atoms with Crippen molar-refractivity contribution < 1.29 is 33.1 Å². The minimum atomic E-state index is -0.734. The van der Waals surface area contributed by atoms with Crippen LogP contribution in [0.1, 0.15) is 42.4 Å². The molecule has 2 aromatic carbocycles. The zero-order valence-corrected chi connectivity index (χ0v) is 16.9. The Labute approximate surface area is 185 Å². The van der Waals surface area contributed by atoms with Gasteiger partial charge in [-0.2, -0.15) is 0 Å². The molecule has 2 aromatic heterocycles. The lowest BCUT2D eigenvalue weighted by molar-refractivity contribution is 0.0473. The molecule has 0 saturated heterocycles. The van der Waals surface area contributed by atoms with Crippen molar-refractivity contribution in [3.8, 4) is 5.75 Å². The van der Waals surface area contributed by atoms with Crippen molar-refractivity contribution in [1.82, 2.24) is 4.90 Å². The van der Waals surface area contributed by atoms with E-state index in [1.807, 2.05) is 0 Å². The minimum Gasteiger partial charge on any atom is -0.508 e. The molecule has 1 N–H and O–H groups in total. The highest BCUT2D eigenvalue weighted by Gasteiger charge is 2.36. The van der Waals surface area contributed by atoms with Gasteiger partial charge in [0.25, 0.3) is 11.8 Å². The topological polar surface area (TPSA) is 127 Å². The van der Waals surface area contributed by atoms with Gasteiger partial charge in [0.05, 0.1) is 29.5 Å². The molecule has 164 valence electrons. The number of hydrogen-bond acceptors (Lipinski definition) is 8. The number of amides is 2. The molecule has 9 heteroatoms. The maximum Gasteiger partial charge on any atom is 0.338 e. The Kier molecular flexibility index (Phi) is 4.78. The first kappa shape index (κ1) is 20.3. The predicted molar refractivity (Wildman–Crippen MR) is 113 cm³/mol. The Balaban J connectivity index is 1.36. The number of nitrogens with zero attached hydrogens (tertiary/aromatic N) is 1. The van der Waals surface area contributed by atoms with Crippen LogP contribution in [0.5, 0.6) is 5.75 Å². The number of ether oxygens (including phenoxy) is 1. The van der Waals surface area contributed by atoms with E-state index >= 15 is 0 Å². The maximum atomic E-state index is 12.7. The molecule has 0 radical (unpaired) electrons. The molecule has 0 aliphatic carbocycles. The average molecular weight is 445 g/mol. The molecule has 3 heterocycles. The van der Waals surface area contributed by atoms with Gasteiger partial charge in [-0.25, -0.2) is 9.59 Å². The molecule has 0 unspecified atom stereocenters. The predicted octanol–water partition coefficient (Wildman–Crippen LogP) is 3.24. The highest BCUT2D eigenvalue weighted by molar-refractivity contribution is 6.21. The number of aromatic hydroxyl groups is 1. The fourth-order valence-electron chi connectivity index (χ4n) is 3.68. The van der Waals surface area contributed by atoms with Crippen LogP contribution in [0, 0.1) is 0 Å². The van der Waals surface area contributed by atoms with Gasteiger partial charge in [-0.3, -0.25) is 14.5 Å². The summed E-state index contributed by atoms with van der Waals surface area (Å²) in [5.41, 5.74) is 0.271. The Morgan fingerprint density at radius 2 is 1.79 bits per heavy atom. The molecule has 2 amide bonds. The van der Waals surface area contributed by atoms with Gasteiger partial charge >= 0.3 is 11.6 Å². The smallest absolute Gasteiger partial charge is 0.338 e. The molecule has 0 saturated carbocycles. The van der Waals surface area contributed by atoms with Crippen LogP contribution in [0.3, 0.4) is 0 Å². The first-order chi connectivity index (χ1) is 15.9. The fraction of sp³-hybridized carbons (Fsp3) is 0.0833. The molecule has 0 spiro atoms. The normalized spacial score (nSPS) is 12.9. The average Bonchev–Trinajstić information content (AvgIpc) is 3.39. The standard InChI is InChI=1S/C24H15NO8/c26-15-4-6-17-14(9-21(27)33-20(17)10-15)12-32-24(30)13-3-5-18-19(8-13)23(29)25(22(18)28)11-16-2-1-7-31-16/h1-10,26H,11-12H2. The van der Waals surface area contributed by atoms with Crippen molar-refractivity contribution in [2.45, 2.75) is 13.2 Å². The number of carbonyl (C=O) groups is 3. The molecule has 0 bridgehead atoms. The summed E-state index contributed by atoms with van der Waals surface area (Å²) in [5.74, 6) is -1.36. The molecule has 5 rings (SSSR count). The first-order valence-electron chi connectivity index (χ1n) is 9.86. The SMILES string of the molecule is O=C(OCc1cc(=O)oc2cc(O)ccc12)c1ccc2c(c1)C(=O)N(Cc1ccco1)C2=O. The van der Waals surface area contributed by atoms with Gasteiger partial charge in [0.2, 0.25) is 0 Å². The number of carbonyl (C=O) groups excluding carboxylic acids is 3. The highest BCUT2D eigenvalue weighted by Crippen LogP contribution is 2.27. The van der Waals surface area contributed by atoms with Crippen molar-refractivity contribution in [1.29, 1.82) is 0 Å². The second kappa shape index (κ2) is 7.79. The second-order valence-electron chi connectivity index (χ2n) is 7.38. The second-order valence-corrected chi connectivity index (χ2v) is 7.38. The van der Waals surface area contributed by atoms with Gasteiger partial charge in [-0.1, -0.05) is 0 Å². The quantitative estimate of drug-likeness (QED) is 0.282. The van der Waals surface area contributed by atoms with E-state index in [1.54, 1.807) is 18.2 Å². The highest BCUT2D eigenvalue weighted by atomic mass is 16.5. The van der Waals surface area contributed by atoms with E-state index in [0.29, 0.717) is 16.7 Å². The van der Waals surface area contributed by atoms with Crippen LogP contribution in [0.2, 0.25) is 0 Å². The molecule has 0 fully saturated rings. The number of benzene rings is 2. The van der Waals surface area contributed by atoms with E-state index in [1.165, 1.54) is 42.7 Å². The summed E-state index contributed by atoms with van der Waals surface area (Å²) in [4.78, 5) is 50.8. The van der Waals surface area contributed by atoms with Crippen molar-refractivity contribution in [2.24, 2.45) is 0 Å². The van der Waals surface area contributed by atoms with E-state index in [9.17, 15) is 24.3 Å². The van der Waals surface area contributed by atoms with E-state index in [-0.39, 0.29) is 41.2 Å². The lowest BCUT2D eigenvalue weighted by Crippen LogP contribution is -2.28. The summed E-state index contributed by atoms with van der Waals surface area (Å²) < 4.78 is 15.6.